The average molecular weight is 391 g/mol. The van der Waals surface area contributed by atoms with Gasteiger partial charge in [-0.05, 0) is 56.3 Å². The molecule has 3 aromatic rings. The number of fused-ring (bicyclic) bond motifs is 1. The van der Waals surface area contributed by atoms with Crippen LogP contribution in [0.4, 0.5) is 5.69 Å². The summed E-state index contributed by atoms with van der Waals surface area (Å²) in [7, 11) is -3.83. The van der Waals surface area contributed by atoms with Gasteiger partial charge in [-0.25, -0.2) is 8.42 Å². The Balaban J connectivity index is 1.96. The van der Waals surface area contributed by atoms with Crippen molar-refractivity contribution in [3.63, 3.8) is 0 Å². The number of sulfonamides is 1. The number of nitrogens with zero attached hydrogens (tertiary/aromatic N) is 1. The highest BCUT2D eigenvalue weighted by Gasteiger charge is 2.18. The Morgan fingerprint density at radius 3 is 2.38 bits per heavy atom. The molecule has 2 aromatic carbocycles. The molecule has 0 atom stereocenters. The molecule has 0 aliphatic carbocycles. The fraction of sp³-hybridized carbons (Fsp3) is 0.176. The minimum atomic E-state index is -3.83. The molecule has 0 unspecified atom stereocenters. The van der Waals surface area contributed by atoms with Crippen LogP contribution in [0.5, 0.6) is 0 Å². The van der Waals surface area contributed by atoms with E-state index >= 15 is 0 Å². The topological polar surface area (TPSA) is 111 Å². The molecule has 0 saturated heterocycles. The highest BCUT2D eigenvalue weighted by molar-refractivity contribution is 7.92. The van der Waals surface area contributed by atoms with Gasteiger partial charge in [0.2, 0.25) is 5.91 Å². The van der Waals surface area contributed by atoms with E-state index in [0.29, 0.717) is 15.9 Å². The van der Waals surface area contributed by atoms with Gasteiger partial charge in [-0.15, -0.1) is 0 Å². The van der Waals surface area contributed by atoms with Gasteiger partial charge in [0.1, 0.15) is 0 Å². The molecule has 9 heteroatoms. The monoisotopic (exact) mass is 391 g/mol. The standard InChI is InChI=1S/C17H17N3O4S2/c1-10(2)20-14-8-7-13(9-15(14)25-17(20)22)26(23,24)19-12-5-3-11(4-6-12)16(18)21/h3-10,19H,1-2H3,(H2,18,21). The number of rotatable bonds is 5. The maximum atomic E-state index is 12.6. The number of amides is 1. The van der Waals surface area contributed by atoms with E-state index in [0.717, 1.165) is 11.3 Å². The van der Waals surface area contributed by atoms with Crippen LogP contribution in [0.15, 0.2) is 52.2 Å². The van der Waals surface area contributed by atoms with E-state index in [1.807, 2.05) is 13.8 Å². The van der Waals surface area contributed by atoms with Crippen LogP contribution in [0.3, 0.4) is 0 Å². The van der Waals surface area contributed by atoms with Crippen LogP contribution in [-0.4, -0.2) is 18.9 Å². The minimum Gasteiger partial charge on any atom is -0.366 e. The van der Waals surface area contributed by atoms with Crippen molar-refractivity contribution in [2.75, 3.05) is 4.72 Å². The number of nitrogens with one attached hydrogen (secondary N) is 1. The second-order valence-corrected chi connectivity index (χ2v) is 8.68. The second-order valence-electron chi connectivity index (χ2n) is 6.01. The number of nitrogens with two attached hydrogens (primary N) is 1. The van der Waals surface area contributed by atoms with E-state index in [-0.39, 0.29) is 21.4 Å². The van der Waals surface area contributed by atoms with Gasteiger partial charge in [0, 0.05) is 17.3 Å². The Hall–Kier alpha value is -2.65. The van der Waals surface area contributed by atoms with Crippen molar-refractivity contribution < 1.29 is 13.2 Å². The first-order chi connectivity index (χ1) is 12.2. The fourth-order valence-electron chi connectivity index (χ4n) is 2.59. The third kappa shape index (κ3) is 3.35. The number of primary amides is 1. The molecule has 1 aromatic heterocycles. The van der Waals surface area contributed by atoms with Crippen molar-refractivity contribution >= 4 is 43.2 Å². The van der Waals surface area contributed by atoms with E-state index in [1.54, 1.807) is 10.6 Å². The molecule has 26 heavy (non-hydrogen) atoms. The lowest BCUT2D eigenvalue weighted by Crippen LogP contribution is -2.15. The number of aromatic nitrogens is 1. The SMILES string of the molecule is CC(C)n1c(=O)sc2cc(S(=O)(=O)Nc3ccc(C(N)=O)cc3)ccc21. The summed E-state index contributed by atoms with van der Waals surface area (Å²) in [5.74, 6) is -0.588. The van der Waals surface area contributed by atoms with Crippen molar-refractivity contribution in [2.24, 2.45) is 5.73 Å². The fourth-order valence-corrected chi connectivity index (χ4v) is 4.80. The van der Waals surface area contributed by atoms with Crippen molar-refractivity contribution in [2.45, 2.75) is 24.8 Å². The Bertz CT molecular complexity index is 1140. The van der Waals surface area contributed by atoms with Crippen LogP contribution >= 0.6 is 11.3 Å². The molecular formula is C17H17N3O4S2. The summed E-state index contributed by atoms with van der Waals surface area (Å²) in [4.78, 5) is 23.1. The first-order valence-electron chi connectivity index (χ1n) is 7.77. The first-order valence-corrected chi connectivity index (χ1v) is 10.1. The van der Waals surface area contributed by atoms with Crippen molar-refractivity contribution in [1.29, 1.82) is 0 Å². The number of anilines is 1. The van der Waals surface area contributed by atoms with Gasteiger partial charge < -0.3 is 5.73 Å². The second kappa shape index (κ2) is 6.58. The largest absolute Gasteiger partial charge is 0.366 e. The van der Waals surface area contributed by atoms with Gasteiger partial charge in [-0.2, -0.15) is 0 Å². The highest BCUT2D eigenvalue weighted by atomic mass is 32.2. The number of hydrogen-bond acceptors (Lipinski definition) is 5. The van der Waals surface area contributed by atoms with E-state index < -0.39 is 15.9 Å². The average Bonchev–Trinajstić information content (AvgIpc) is 2.89. The van der Waals surface area contributed by atoms with E-state index in [9.17, 15) is 18.0 Å². The lowest BCUT2D eigenvalue weighted by molar-refractivity contribution is 0.100. The quantitative estimate of drug-likeness (QED) is 0.696. The highest BCUT2D eigenvalue weighted by Crippen LogP contribution is 2.25. The summed E-state index contributed by atoms with van der Waals surface area (Å²) < 4.78 is 29.9. The third-order valence-corrected chi connectivity index (χ3v) is 6.13. The van der Waals surface area contributed by atoms with Gasteiger partial charge in [0.05, 0.1) is 15.1 Å². The Morgan fingerprint density at radius 2 is 1.81 bits per heavy atom. The molecule has 0 fully saturated rings. The van der Waals surface area contributed by atoms with Crippen LogP contribution in [0.25, 0.3) is 10.2 Å². The zero-order valence-electron chi connectivity index (χ0n) is 14.1. The van der Waals surface area contributed by atoms with Crippen LogP contribution in [0.2, 0.25) is 0 Å². The third-order valence-electron chi connectivity index (χ3n) is 3.83. The van der Waals surface area contributed by atoms with Crippen molar-refractivity contribution in [1.82, 2.24) is 4.57 Å². The molecule has 7 nitrogen and oxygen atoms in total. The molecule has 0 radical (unpaired) electrons. The molecule has 0 spiro atoms. The van der Waals surface area contributed by atoms with Crippen LogP contribution < -0.4 is 15.3 Å². The molecule has 0 saturated carbocycles. The molecule has 136 valence electrons. The van der Waals surface area contributed by atoms with Crippen LogP contribution in [-0.2, 0) is 10.0 Å². The summed E-state index contributed by atoms with van der Waals surface area (Å²) in [6, 6.07) is 10.4. The van der Waals surface area contributed by atoms with Crippen molar-refractivity contribution in [3.05, 3.63) is 57.7 Å². The maximum Gasteiger partial charge on any atom is 0.308 e. The maximum absolute atomic E-state index is 12.6. The molecule has 3 N–H and O–H groups in total. The molecular weight excluding hydrogens is 374 g/mol. The first kappa shape index (κ1) is 18.2. The predicted octanol–water partition coefficient (Wildman–Crippen LogP) is 2.54. The summed E-state index contributed by atoms with van der Waals surface area (Å²) in [6.07, 6.45) is 0. The summed E-state index contributed by atoms with van der Waals surface area (Å²) in [6.45, 7) is 3.80. The Labute approximate surface area is 154 Å². The normalized spacial score (nSPS) is 11.8. The molecule has 1 amide bonds. The smallest absolute Gasteiger partial charge is 0.308 e. The van der Waals surface area contributed by atoms with Gasteiger partial charge in [-0.3, -0.25) is 18.9 Å². The van der Waals surface area contributed by atoms with Gasteiger partial charge in [0.25, 0.3) is 10.0 Å². The summed E-state index contributed by atoms with van der Waals surface area (Å²) >= 11 is 1.01. The summed E-state index contributed by atoms with van der Waals surface area (Å²) in [5, 5.41) is 0. The predicted molar refractivity (Wildman–Crippen MR) is 102 cm³/mol. The lowest BCUT2D eigenvalue weighted by atomic mass is 10.2. The van der Waals surface area contributed by atoms with E-state index in [4.69, 9.17) is 5.73 Å². The Kier molecular flexibility index (Phi) is 4.59. The zero-order valence-corrected chi connectivity index (χ0v) is 15.7. The molecule has 0 aliphatic heterocycles. The van der Waals surface area contributed by atoms with E-state index in [1.165, 1.54) is 36.4 Å². The van der Waals surface area contributed by atoms with Crippen LogP contribution in [0.1, 0.15) is 30.2 Å². The minimum absolute atomic E-state index is 0.0133. The molecule has 0 aliphatic rings. The molecule has 3 rings (SSSR count). The lowest BCUT2D eigenvalue weighted by Gasteiger charge is -2.10. The van der Waals surface area contributed by atoms with Crippen LogP contribution in [0, 0.1) is 0 Å². The zero-order chi connectivity index (χ0) is 19.1. The van der Waals surface area contributed by atoms with Crippen molar-refractivity contribution in [3.8, 4) is 0 Å². The van der Waals surface area contributed by atoms with Gasteiger partial charge in [-0.1, -0.05) is 11.3 Å². The number of carbonyl (C=O) groups excluding carboxylic acids is 1. The van der Waals surface area contributed by atoms with Gasteiger partial charge >= 0.3 is 4.87 Å². The number of benzene rings is 2. The van der Waals surface area contributed by atoms with Gasteiger partial charge in [0.15, 0.2) is 0 Å². The molecule has 0 bridgehead atoms. The number of thiazole rings is 1. The Morgan fingerprint density at radius 1 is 1.15 bits per heavy atom. The number of hydrogen-bond donors (Lipinski definition) is 2. The molecule has 1 heterocycles. The van der Waals surface area contributed by atoms with E-state index in [2.05, 4.69) is 4.72 Å². The number of carbonyl (C=O) groups is 1. The summed E-state index contributed by atoms with van der Waals surface area (Å²) in [5.41, 5.74) is 6.47.